The number of benzene rings is 1. The lowest BCUT2D eigenvalue weighted by atomic mass is 10.2. The number of carbonyl (C=O) groups excluding carboxylic acids is 1. The van der Waals surface area contributed by atoms with Gasteiger partial charge in [0.15, 0.2) is 0 Å². The predicted octanol–water partition coefficient (Wildman–Crippen LogP) is 2.87. The van der Waals surface area contributed by atoms with Crippen molar-refractivity contribution in [3.05, 3.63) is 56.8 Å². The van der Waals surface area contributed by atoms with Crippen molar-refractivity contribution in [2.75, 3.05) is 0 Å². The summed E-state index contributed by atoms with van der Waals surface area (Å²) < 4.78 is 0. The topological polar surface area (TPSA) is 65.2 Å². The molecule has 1 aromatic carbocycles. The largest absolute Gasteiger partial charge is 0.281 e. The summed E-state index contributed by atoms with van der Waals surface area (Å²) in [4.78, 5) is 14.0. The van der Waals surface area contributed by atoms with Crippen molar-refractivity contribution >= 4 is 23.5 Å². The molecule has 0 saturated carbocycles. The summed E-state index contributed by atoms with van der Waals surface area (Å²) in [6.07, 6.45) is 4.93. The van der Waals surface area contributed by atoms with E-state index in [1.54, 1.807) is 41.8 Å². The third-order valence-corrected chi connectivity index (χ3v) is 4.63. The van der Waals surface area contributed by atoms with Crippen molar-refractivity contribution in [2.24, 2.45) is 5.10 Å². The predicted molar refractivity (Wildman–Crippen MR) is 82.6 cm³/mol. The molecule has 1 aromatic heterocycles. The van der Waals surface area contributed by atoms with E-state index >= 15 is 0 Å². The van der Waals surface area contributed by atoms with E-state index in [0.717, 1.165) is 23.3 Å². The van der Waals surface area contributed by atoms with Crippen LogP contribution >= 0.6 is 11.3 Å². The van der Waals surface area contributed by atoms with Crippen LogP contribution in [0.4, 0.5) is 0 Å². The molecule has 1 aliphatic carbocycles. The number of hydrogen-bond donors (Lipinski definition) is 1. The molecule has 4 nitrogen and oxygen atoms in total. The second-order valence-corrected chi connectivity index (χ2v) is 5.98. The quantitative estimate of drug-likeness (QED) is 0.699. The first-order valence-electron chi connectivity index (χ1n) is 6.71. The molecular formula is C16H13N3OS. The van der Waals surface area contributed by atoms with Gasteiger partial charge >= 0.3 is 0 Å². The van der Waals surface area contributed by atoms with Crippen molar-refractivity contribution < 1.29 is 4.79 Å². The van der Waals surface area contributed by atoms with Crippen LogP contribution in [0.3, 0.4) is 0 Å². The highest BCUT2D eigenvalue weighted by molar-refractivity contribution is 7.14. The van der Waals surface area contributed by atoms with Crippen LogP contribution in [-0.2, 0) is 12.8 Å². The molecule has 0 fully saturated rings. The number of fused-ring (bicyclic) bond motifs is 1. The Morgan fingerprint density at radius 2 is 2.14 bits per heavy atom. The van der Waals surface area contributed by atoms with Gasteiger partial charge in [-0.15, -0.1) is 11.3 Å². The summed E-state index contributed by atoms with van der Waals surface area (Å²) in [7, 11) is 0. The number of rotatable bonds is 3. The van der Waals surface area contributed by atoms with Crippen molar-refractivity contribution in [2.45, 2.75) is 19.3 Å². The zero-order chi connectivity index (χ0) is 14.7. The van der Waals surface area contributed by atoms with E-state index in [1.807, 2.05) is 6.07 Å². The van der Waals surface area contributed by atoms with E-state index < -0.39 is 0 Å². The standard InChI is InChI=1S/C16H13N3OS/c17-9-11-4-6-12(7-5-11)10-18-19-16(20)15-8-13-2-1-3-14(13)21-15/h4-8,10H,1-3H2,(H,19,20)/b18-10-. The number of amides is 1. The molecule has 0 unspecified atom stereocenters. The van der Waals surface area contributed by atoms with E-state index in [1.165, 1.54) is 16.9 Å². The SMILES string of the molecule is N#Cc1ccc(/C=N\NC(=O)c2cc3c(s2)CCC3)cc1. The minimum absolute atomic E-state index is 0.167. The van der Waals surface area contributed by atoms with E-state index in [9.17, 15) is 4.79 Å². The molecule has 2 aromatic rings. The smallest absolute Gasteiger partial charge is 0.266 e. The zero-order valence-corrected chi connectivity index (χ0v) is 12.1. The van der Waals surface area contributed by atoms with Gasteiger partial charge in [-0.25, -0.2) is 5.43 Å². The third-order valence-electron chi connectivity index (χ3n) is 3.39. The van der Waals surface area contributed by atoms with Crippen LogP contribution in [0, 0.1) is 11.3 Å². The van der Waals surface area contributed by atoms with E-state index in [0.29, 0.717) is 5.56 Å². The van der Waals surface area contributed by atoms with Gasteiger partial charge in [-0.05, 0) is 48.6 Å². The van der Waals surface area contributed by atoms with Crippen LogP contribution < -0.4 is 5.43 Å². The summed E-state index contributed by atoms with van der Waals surface area (Å²) >= 11 is 1.56. The van der Waals surface area contributed by atoms with Crippen LogP contribution in [0.15, 0.2) is 35.4 Å². The van der Waals surface area contributed by atoms with Gasteiger partial charge in [-0.1, -0.05) is 12.1 Å². The number of nitriles is 1. The van der Waals surface area contributed by atoms with Crippen LogP contribution in [0.1, 0.15) is 37.7 Å². The highest BCUT2D eigenvalue weighted by atomic mass is 32.1. The molecule has 0 aliphatic heterocycles. The second kappa shape index (κ2) is 5.90. The fourth-order valence-corrected chi connectivity index (χ4v) is 3.45. The highest BCUT2D eigenvalue weighted by Gasteiger charge is 2.17. The average Bonchev–Trinajstić information content (AvgIpc) is 3.09. The third kappa shape index (κ3) is 3.01. The lowest BCUT2D eigenvalue weighted by Crippen LogP contribution is -2.16. The second-order valence-electron chi connectivity index (χ2n) is 4.85. The minimum Gasteiger partial charge on any atom is -0.266 e. The van der Waals surface area contributed by atoms with Crippen molar-refractivity contribution in [1.82, 2.24) is 5.43 Å². The maximum atomic E-state index is 12.0. The van der Waals surface area contributed by atoms with Crippen molar-refractivity contribution in [3.63, 3.8) is 0 Å². The molecule has 0 saturated heterocycles. The Morgan fingerprint density at radius 1 is 1.33 bits per heavy atom. The molecule has 1 amide bonds. The number of nitrogens with one attached hydrogen (secondary N) is 1. The summed E-state index contributed by atoms with van der Waals surface area (Å²) in [5.41, 5.74) is 5.28. The zero-order valence-electron chi connectivity index (χ0n) is 11.3. The highest BCUT2D eigenvalue weighted by Crippen LogP contribution is 2.30. The molecule has 0 spiro atoms. The first kappa shape index (κ1) is 13.5. The Labute approximate surface area is 126 Å². The van der Waals surface area contributed by atoms with Gasteiger partial charge in [-0.2, -0.15) is 10.4 Å². The Balaban J connectivity index is 1.62. The number of thiophene rings is 1. The molecule has 1 N–H and O–H groups in total. The Hall–Kier alpha value is -2.45. The van der Waals surface area contributed by atoms with Crippen molar-refractivity contribution in [3.8, 4) is 6.07 Å². The molecule has 21 heavy (non-hydrogen) atoms. The Bertz CT molecular complexity index is 716. The lowest BCUT2D eigenvalue weighted by Gasteiger charge is -1.96. The maximum Gasteiger partial charge on any atom is 0.281 e. The van der Waals surface area contributed by atoms with Gasteiger partial charge in [0.25, 0.3) is 5.91 Å². The van der Waals surface area contributed by atoms with Gasteiger partial charge in [0.1, 0.15) is 0 Å². The van der Waals surface area contributed by atoms with Gasteiger partial charge < -0.3 is 0 Å². The Morgan fingerprint density at radius 3 is 2.86 bits per heavy atom. The van der Waals surface area contributed by atoms with Crippen LogP contribution in [0.2, 0.25) is 0 Å². The van der Waals surface area contributed by atoms with Gasteiger partial charge in [-0.3, -0.25) is 4.79 Å². The summed E-state index contributed by atoms with van der Waals surface area (Å²) in [5.74, 6) is -0.167. The average molecular weight is 295 g/mol. The molecule has 3 rings (SSSR count). The summed E-state index contributed by atoms with van der Waals surface area (Å²) in [5, 5.41) is 12.7. The Kier molecular flexibility index (Phi) is 3.80. The normalized spacial score (nSPS) is 13.1. The van der Waals surface area contributed by atoms with E-state index in [-0.39, 0.29) is 5.91 Å². The fraction of sp³-hybridized carbons (Fsp3) is 0.188. The fourth-order valence-electron chi connectivity index (χ4n) is 2.31. The molecule has 5 heteroatoms. The summed E-state index contributed by atoms with van der Waals surface area (Å²) in [6.45, 7) is 0. The molecule has 104 valence electrons. The minimum atomic E-state index is -0.167. The molecule has 0 radical (unpaired) electrons. The van der Waals surface area contributed by atoms with Gasteiger partial charge in [0.2, 0.25) is 0 Å². The van der Waals surface area contributed by atoms with Gasteiger partial charge in [0, 0.05) is 4.88 Å². The number of carbonyl (C=O) groups is 1. The molecular weight excluding hydrogens is 282 g/mol. The number of hydrogen-bond acceptors (Lipinski definition) is 4. The number of aryl methyl sites for hydroxylation is 2. The number of nitrogens with zero attached hydrogens (tertiary/aromatic N) is 2. The van der Waals surface area contributed by atoms with E-state index in [4.69, 9.17) is 5.26 Å². The molecule has 0 bridgehead atoms. The van der Waals surface area contributed by atoms with E-state index in [2.05, 4.69) is 16.6 Å². The van der Waals surface area contributed by atoms with Crippen molar-refractivity contribution in [1.29, 1.82) is 5.26 Å². The first-order valence-corrected chi connectivity index (χ1v) is 7.53. The maximum absolute atomic E-state index is 12.0. The first-order chi connectivity index (χ1) is 10.3. The van der Waals surface area contributed by atoms with Crippen LogP contribution in [0.5, 0.6) is 0 Å². The molecule has 1 aliphatic rings. The monoisotopic (exact) mass is 295 g/mol. The van der Waals surface area contributed by atoms with Crippen LogP contribution in [0.25, 0.3) is 0 Å². The number of hydrazone groups is 1. The molecule has 1 heterocycles. The molecule has 0 atom stereocenters. The summed E-state index contributed by atoms with van der Waals surface area (Å²) in [6, 6.07) is 11.0. The lowest BCUT2D eigenvalue weighted by molar-refractivity contribution is 0.0959. The van der Waals surface area contributed by atoms with Gasteiger partial charge in [0.05, 0.1) is 22.7 Å². The van der Waals surface area contributed by atoms with Crippen LogP contribution in [-0.4, -0.2) is 12.1 Å².